The van der Waals surface area contributed by atoms with Gasteiger partial charge in [-0.15, -0.1) is 0 Å². The maximum Gasteiger partial charge on any atom is 0.236 e. The maximum atomic E-state index is 14.3. The molecule has 3 aromatic rings. The minimum Gasteiger partial charge on any atom is -0.419 e. The molecule has 6 nitrogen and oxygen atoms in total. The largest absolute Gasteiger partial charge is 0.419 e. The van der Waals surface area contributed by atoms with E-state index in [0.29, 0.717) is 13.1 Å². The van der Waals surface area contributed by atoms with Gasteiger partial charge in [-0.25, -0.2) is 12.8 Å². The summed E-state index contributed by atoms with van der Waals surface area (Å²) >= 11 is 0. The van der Waals surface area contributed by atoms with Crippen molar-refractivity contribution in [3.63, 3.8) is 0 Å². The Morgan fingerprint density at radius 2 is 1.61 bits per heavy atom. The molecule has 0 aliphatic carbocycles. The number of likely N-dealkylation sites (N-methyl/N-ethyl adjacent to an activating group) is 1. The van der Waals surface area contributed by atoms with Gasteiger partial charge in [0.25, 0.3) is 0 Å². The normalized spacial score (nSPS) is 15.7. The smallest absolute Gasteiger partial charge is 0.236 e. The molecule has 0 bridgehead atoms. The van der Waals surface area contributed by atoms with Gasteiger partial charge < -0.3 is 14.2 Å². The summed E-state index contributed by atoms with van der Waals surface area (Å²) in [7, 11) is -1.91. The summed E-state index contributed by atoms with van der Waals surface area (Å²) in [6.07, 6.45) is 0. The van der Waals surface area contributed by atoms with Crippen molar-refractivity contribution in [3.8, 4) is 11.5 Å². The molecule has 2 heterocycles. The molecule has 0 spiro atoms. The minimum atomic E-state index is -3.92. The molecule has 2 aromatic carbocycles. The van der Waals surface area contributed by atoms with Crippen LogP contribution in [0, 0.1) is 5.82 Å². The summed E-state index contributed by atoms with van der Waals surface area (Å²) in [5, 5.41) is -0.179. The number of hydrogen-bond donors (Lipinski definition) is 0. The van der Waals surface area contributed by atoms with Gasteiger partial charge in [-0.1, -0.05) is 30.3 Å². The van der Waals surface area contributed by atoms with Gasteiger partial charge in [0.05, 0.1) is 10.5 Å². The standard InChI is InChI=1S/C20H20FN3O3S/c1-23-11-13-24(14-12-23)20-19(28(25,26)15-7-3-2-4-8-15)22-18(27-20)16-9-5-6-10-17(16)21/h2-10H,11-14H2,1H3. The number of benzene rings is 2. The van der Waals surface area contributed by atoms with Crippen molar-refractivity contribution in [1.82, 2.24) is 9.88 Å². The van der Waals surface area contributed by atoms with Crippen molar-refractivity contribution < 1.29 is 17.2 Å². The van der Waals surface area contributed by atoms with Crippen molar-refractivity contribution >= 4 is 15.7 Å². The van der Waals surface area contributed by atoms with Crippen LogP contribution < -0.4 is 4.90 Å². The minimum absolute atomic E-state index is 0.0402. The van der Waals surface area contributed by atoms with E-state index in [9.17, 15) is 12.8 Å². The van der Waals surface area contributed by atoms with E-state index in [1.165, 1.54) is 24.3 Å². The first-order valence-corrected chi connectivity index (χ1v) is 10.4. The predicted octanol–water partition coefficient (Wildman–Crippen LogP) is 3.07. The fourth-order valence-corrected chi connectivity index (χ4v) is 4.49. The zero-order valence-electron chi connectivity index (χ0n) is 15.4. The Morgan fingerprint density at radius 3 is 2.29 bits per heavy atom. The molecular formula is C20H20FN3O3S. The zero-order chi connectivity index (χ0) is 19.7. The molecule has 4 rings (SSSR count). The number of oxazole rings is 1. The van der Waals surface area contributed by atoms with Crippen LogP contribution in [0.1, 0.15) is 0 Å². The van der Waals surface area contributed by atoms with Crippen LogP contribution in [0.25, 0.3) is 11.5 Å². The van der Waals surface area contributed by atoms with Crippen molar-refractivity contribution in [1.29, 1.82) is 0 Å². The van der Waals surface area contributed by atoms with Gasteiger partial charge in [0.15, 0.2) is 0 Å². The highest BCUT2D eigenvalue weighted by atomic mass is 32.2. The average molecular weight is 401 g/mol. The number of nitrogens with zero attached hydrogens (tertiary/aromatic N) is 3. The van der Waals surface area contributed by atoms with Gasteiger partial charge in [0.2, 0.25) is 26.6 Å². The first-order chi connectivity index (χ1) is 13.5. The Morgan fingerprint density at radius 1 is 0.964 bits per heavy atom. The highest BCUT2D eigenvalue weighted by Crippen LogP contribution is 2.35. The van der Waals surface area contributed by atoms with E-state index in [1.807, 2.05) is 11.9 Å². The van der Waals surface area contributed by atoms with E-state index in [4.69, 9.17) is 4.42 Å². The lowest BCUT2D eigenvalue weighted by Crippen LogP contribution is -2.44. The van der Waals surface area contributed by atoms with Gasteiger partial charge in [0.1, 0.15) is 5.82 Å². The van der Waals surface area contributed by atoms with E-state index < -0.39 is 15.7 Å². The summed E-state index contributed by atoms with van der Waals surface area (Å²) in [4.78, 5) is 8.36. The maximum absolute atomic E-state index is 14.3. The number of piperazine rings is 1. The molecule has 146 valence electrons. The molecule has 28 heavy (non-hydrogen) atoms. The van der Waals surface area contributed by atoms with E-state index in [2.05, 4.69) is 9.88 Å². The lowest BCUT2D eigenvalue weighted by molar-refractivity contribution is 0.305. The third kappa shape index (κ3) is 3.41. The summed E-state index contributed by atoms with van der Waals surface area (Å²) in [5.74, 6) is -0.394. The number of hydrogen-bond acceptors (Lipinski definition) is 6. The number of rotatable bonds is 4. The van der Waals surface area contributed by atoms with Crippen LogP contribution in [0.3, 0.4) is 0 Å². The molecule has 0 saturated carbocycles. The van der Waals surface area contributed by atoms with Gasteiger partial charge in [-0.3, -0.25) is 0 Å². The summed E-state index contributed by atoms with van der Waals surface area (Å²) < 4.78 is 46.6. The van der Waals surface area contributed by atoms with E-state index >= 15 is 0 Å². The molecular weight excluding hydrogens is 381 g/mol. The van der Waals surface area contributed by atoms with Crippen molar-refractivity contribution in [3.05, 3.63) is 60.4 Å². The first kappa shape index (κ1) is 18.6. The fraction of sp³-hybridized carbons (Fsp3) is 0.250. The lowest BCUT2D eigenvalue weighted by Gasteiger charge is -2.32. The molecule has 0 N–H and O–H groups in total. The average Bonchev–Trinajstić information content (AvgIpc) is 3.15. The van der Waals surface area contributed by atoms with Crippen LogP contribution in [0.5, 0.6) is 0 Å². The Bertz CT molecular complexity index is 1080. The van der Waals surface area contributed by atoms with Gasteiger partial charge in [-0.2, -0.15) is 4.98 Å². The van der Waals surface area contributed by atoms with E-state index in [-0.39, 0.29) is 27.3 Å². The number of halogens is 1. The third-order valence-electron chi connectivity index (χ3n) is 4.78. The molecule has 0 unspecified atom stereocenters. The second-order valence-electron chi connectivity index (χ2n) is 6.72. The first-order valence-electron chi connectivity index (χ1n) is 8.96. The van der Waals surface area contributed by atoms with Crippen LogP contribution in [0.4, 0.5) is 10.3 Å². The molecule has 0 radical (unpaired) electrons. The Hall–Kier alpha value is -2.71. The lowest BCUT2D eigenvalue weighted by atomic mass is 10.2. The molecule has 0 atom stereocenters. The van der Waals surface area contributed by atoms with Crippen LogP contribution in [0.2, 0.25) is 0 Å². The van der Waals surface area contributed by atoms with Crippen LogP contribution in [-0.4, -0.2) is 51.5 Å². The Kier molecular flexibility index (Phi) is 4.91. The van der Waals surface area contributed by atoms with E-state index in [0.717, 1.165) is 13.1 Å². The Labute approximate surface area is 163 Å². The monoisotopic (exact) mass is 401 g/mol. The second-order valence-corrected chi connectivity index (χ2v) is 8.58. The number of sulfone groups is 1. The summed E-state index contributed by atoms with van der Waals surface area (Å²) in [5.41, 5.74) is 0.132. The highest BCUT2D eigenvalue weighted by molar-refractivity contribution is 7.91. The summed E-state index contributed by atoms with van der Waals surface area (Å²) in [6.45, 7) is 2.72. The molecule has 1 aromatic heterocycles. The van der Waals surface area contributed by atoms with E-state index in [1.54, 1.807) is 30.3 Å². The zero-order valence-corrected chi connectivity index (χ0v) is 16.2. The van der Waals surface area contributed by atoms with Gasteiger partial charge in [0, 0.05) is 26.2 Å². The third-order valence-corrected chi connectivity index (χ3v) is 6.45. The van der Waals surface area contributed by atoms with Crippen LogP contribution in [-0.2, 0) is 9.84 Å². The second kappa shape index (κ2) is 7.37. The van der Waals surface area contributed by atoms with Crippen LogP contribution >= 0.6 is 0 Å². The topological polar surface area (TPSA) is 66.7 Å². The summed E-state index contributed by atoms with van der Waals surface area (Å²) in [6, 6.07) is 14.1. The van der Waals surface area contributed by atoms with Crippen molar-refractivity contribution in [2.75, 3.05) is 38.1 Å². The van der Waals surface area contributed by atoms with Crippen molar-refractivity contribution in [2.24, 2.45) is 0 Å². The number of anilines is 1. The molecule has 1 fully saturated rings. The van der Waals surface area contributed by atoms with Crippen LogP contribution in [0.15, 0.2) is 68.9 Å². The highest BCUT2D eigenvalue weighted by Gasteiger charge is 2.32. The quantitative estimate of drug-likeness (QED) is 0.669. The number of aromatic nitrogens is 1. The molecule has 0 amide bonds. The van der Waals surface area contributed by atoms with Gasteiger partial charge >= 0.3 is 0 Å². The fourth-order valence-electron chi connectivity index (χ4n) is 3.14. The molecule has 1 aliphatic rings. The van der Waals surface area contributed by atoms with Crippen molar-refractivity contribution in [2.45, 2.75) is 9.92 Å². The Balaban J connectivity index is 1.85. The molecule has 8 heteroatoms. The van der Waals surface area contributed by atoms with Gasteiger partial charge in [-0.05, 0) is 31.3 Å². The molecule has 1 aliphatic heterocycles. The molecule has 1 saturated heterocycles. The predicted molar refractivity (Wildman–Crippen MR) is 104 cm³/mol. The SMILES string of the molecule is CN1CCN(c2oc(-c3ccccc3F)nc2S(=O)(=O)c2ccccc2)CC1.